The Kier molecular flexibility index (Phi) is 6.37. The Hall–Kier alpha value is -2.14. The predicted octanol–water partition coefficient (Wildman–Crippen LogP) is 3.71. The van der Waals surface area contributed by atoms with E-state index in [1.807, 2.05) is 18.3 Å². The lowest BCUT2D eigenvalue weighted by atomic mass is 10.1. The Balaban J connectivity index is 2.23. The fraction of sp³-hybridized carbons (Fsp3) is 0.500. The first-order chi connectivity index (χ1) is 11.8. The molecule has 5 nitrogen and oxygen atoms in total. The van der Waals surface area contributed by atoms with Gasteiger partial charge in [0.15, 0.2) is 0 Å². The number of rotatable bonds is 8. The van der Waals surface area contributed by atoms with Crippen LogP contribution in [0.5, 0.6) is 5.75 Å². The Morgan fingerprint density at radius 1 is 1.16 bits per heavy atom. The second-order valence-electron chi connectivity index (χ2n) is 7.02. The third-order valence-electron chi connectivity index (χ3n) is 4.33. The largest absolute Gasteiger partial charge is 0.425 e. The molecule has 0 spiro atoms. The molecule has 1 aromatic heterocycles. The maximum atomic E-state index is 11.9. The van der Waals surface area contributed by atoms with Gasteiger partial charge in [0.05, 0.1) is 0 Å². The molecular formula is C20H28N2O3. The molecule has 1 N–H and O–H groups in total. The second kappa shape index (κ2) is 8.30. The molecule has 0 amide bonds. The molecule has 0 saturated heterocycles. The molecule has 25 heavy (non-hydrogen) atoms. The van der Waals surface area contributed by atoms with E-state index in [0.717, 1.165) is 29.4 Å². The minimum Gasteiger partial charge on any atom is -0.425 e. The highest BCUT2D eigenvalue weighted by Gasteiger charge is 2.17. The lowest BCUT2D eigenvalue weighted by molar-refractivity contribution is -0.137. The lowest BCUT2D eigenvalue weighted by Gasteiger charge is -2.30. The summed E-state index contributed by atoms with van der Waals surface area (Å²) in [5.41, 5.74) is 2.05. The molecule has 1 aromatic carbocycles. The van der Waals surface area contributed by atoms with Gasteiger partial charge in [-0.1, -0.05) is 6.07 Å². The summed E-state index contributed by atoms with van der Waals surface area (Å²) in [6.07, 6.45) is 2.63. The van der Waals surface area contributed by atoms with Gasteiger partial charge in [-0.3, -0.25) is 14.5 Å². The van der Waals surface area contributed by atoms with Crippen LogP contribution in [0, 0.1) is 0 Å². The Labute approximate surface area is 149 Å². The highest BCUT2D eigenvalue weighted by atomic mass is 16.5. The number of H-pyrrole nitrogens is 1. The maximum absolute atomic E-state index is 11.9. The third-order valence-corrected chi connectivity index (χ3v) is 4.33. The van der Waals surface area contributed by atoms with Crippen molar-refractivity contribution in [2.75, 3.05) is 6.54 Å². The first-order valence-corrected chi connectivity index (χ1v) is 8.84. The van der Waals surface area contributed by atoms with Crippen molar-refractivity contribution < 1.29 is 14.3 Å². The van der Waals surface area contributed by atoms with Gasteiger partial charge >= 0.3 is 5.97 Å². The molecule has 136 valence electrons. The molecule has 0 atom stereocenters. The highest BCUT2D eigenvalue weighted by Crippen LogP contribution is 2.29. The first-order valence-electron chi connectivity index (χ1n) is 8.84. The third kappa shape index (κ3) is 4.92. The number of esters is 1. The summed E-state index contributed by atoms with van der Waals surface area (Å²) in [6, 6.07) is 6.52. The van der Waals surface area contributed by atoms with E-state index in [4.69, 9.17) is 4.74 Å². The summed E-state index contributed by atoms with van der Waals surface area (Å²) in [4.78, 5) is 28.7. The summed E-state index contributed by atoms with van der Waals surface area (Å²) in [6.45, 7) is 11.1. The number of ketones is 1. The fourth-order valence-electron chi connectivity index (χ4n) is 3.23. The van der Waals surface area contributed by atoms with E-state index < -0.39 is 5.97 Å². The number of aromatic nitrogens is 1. The summed E-state index contributed by atoms with van der Waals surface area (Å²) >= 11 is 0. The van der Waals surface area contributed by atoms with Crippen molar-refractivity contribution in [1.82, 2.24) is 9.88 Å². The number of aromatic amines is 1. The Bertz CT molecular complexity index is 738. The van der Waals surface area contributed by atoms with Crippen molar-refractivity contribution in [2.24, 2.45) is 0 Å². The molecule has 0 bridgehead atoms. The second-order valence-corrected chi connectivity index (χ2v) is 7.02. The van der Waals surface area contributed by atoms with Crippen molar-refractivity contribution in [2.45, 2.75) is 59.5 Å². The van der Waals surface area contributed by atoms with E-state index in [-0.39, 0.29) is 12.2 Å². The Morgan fingerprint density at radius 3 is 2.44 bits per heavy atom. The van der Waals surface area contributed by atoms with Crippen LogP contribution in [0.2, 0.25) is 0 Å². The van der Waals surface area contributed by atoms with Crippen LogP contribution in [0.3, 0.4) is 0 Å². The zero-order valence-corrected chi connectivity index (χ0v) is 15.8. The van der Waals surface area contributed by atoms with Crippen LogP contribution >= 0.6 is 0 Å². The van der Waals surface area contributed by atoms with E-state index in [9.17, 15) is 9.59 Å². The van der Waals surface area contributed by atoms with Crippen LogP contribution in [0.4, 0.5) is 0 Å². The summed E-state index contributed by atoms with van der Waals surface area (Å²) < 4.78 is 5.45. The van der Waals surface area contributed by atoms with Gasteiger partial charge in [-0.15, -0.1) is 0 Å². The predicted molar refractivity (Wildman–Crippen MR) is 99.9 cm³/mol. The van der Waals surface area contributed by atoms with E-state index in [2.05, 4.69) is 37.6 Å². The van der Waals surface area contributed by atoms with Gasteiger partial charge in [0.2, 0.25) is 0 Å². The van der Waals surface area contributed by atoms with Crippen LogP contribution in [-0.4, -0.2) is 40.3 Å². The average Bonchev–Trinajstić information content (AvgIpc) is 2.90. The normalized spacial score (nSPS) is 11.7. The number of benzene rings is 1. The molecule has 0 saturated carbocycles. The molecule has 0 aliphatic heterocycles. The first kappa shape index (κ1) is 19.2. The minimum absolute atomic E-state index is 0.198. The van der Waals surface area contributed by atoms with E-state index in [1.54, 1.807) is 6.07 Å². The number of nitrogens with one attached hydrogen (secondary N) is 1. The van der Waals surface area contributed by atoms with Crippen molar-refractivity contribution in [3.05, 3.63) is 30.0 Å². The SMILES string of the molecule is CC(=O)CC(=O)Oc1cccc2[nH]cc(CCN(C(C)C)C(C)C)c12. The molecule has 5 heteroatoms. The number of Topliss-reactive ketones (excluding diaryl/α,β-unsaturated/α-hetero) is 1. The molecule has 1 heterocycles. The van der Waals surface area contributed by atoms with Crippen LogP contribution in [-0.2, 0) is 16.0 Å². The molecule has 0 aliphatic carbocycles. The fourth-order valence-corrected chi connectivity index (χ4v) is 3.23. The monoisotopic (exact) mass is 344 g/mol. The number of fused-ring (bicyclic) bond motifs is 1. The topological polar surface area (TPSA) is 62.4 Å². The number of carbonyl (C=O) groups excluding carboxylic acids is 2. The molecule has 2 rings (SSSR count). The number of carbonyl (C=O) groups is 2. The molecule has 0 aliphatic rings. The average molecular weight is 344 g/mol. The van der Waals surface area contributed by atoms with E-state index >= 15 is 0 Å². The van der Waals surface area contributed by atoms with Gasteiger partial charge < -0.3 is 9.72 Å². The number of hydrogen-bond donors (Lipinski definition) is 1. The standard InChI is InChI=1S/C20H28N2O3/c1-13(2)22(14(3)4)10-9-16-12-21-17-7-6-8-18(20(16)17)25-19(24)11-15(5)23/h6-8,12-14,21H,9-11H2,1-5H3. The van der Waals surface area contributed by atoms with Crippen molar-refractivity contribution in [1.29, 1.82) is 0 Å². The lowest BCUT2D eigenvalue weighted by Crippen LogP contribution is -2.38. The van der Waals surface area contributed by atoms with Crippen molar-refractivity contribution >= 4 is 22.7 Å². The number of nitrogens with zero attached hydrogens (tertiary/aromatic N) is 1. The van der Waals surface area contributed by atoms with Gasteiger partial charge in [-0.2, -0.15) is 0 Å². The zero-order chi connectivity index (χ0) is 18.6. The van der Waals surface area contributed by atoms with Gasteiger partial charge in [-0.05, 0) is 58.7 Å². The van der Waals surface area contributed by atoms with Crippen molar-refractivity contribution in [3.63, 3.8) is 0 Å². The molecular weight excluding hydrogens is 316 g/mol. The summed E-state index contributed by atoms with van der Waals surface area (Å²) in [7, 11) is 0. The molecule has 2 aromatic rings. The number of ether oxygens (including phenoxy) is 1. The van der Waals surface area contributed by atoms with Gasteiger partial charge in [0.1, 0.15) is 18.0 Å². The summed E-state index contributed by atoms with van der Waals surface area (Å²) in [5.74, 6) is -0.199. The Morgan fingerprint density at radius 2 is 1.84 bits per heavy atom. The van der Waals surface area contributed by atoms with Crippen LogP contribution in [0.1, 0.15) is 46.6 Å². The molecule has 0 unspecified atom stereocenters. The smallest absolute Gasteiger partial charge is 0.318 e. The minimum atomic E-state index is -0.516. The van der Waals surface area contributed by atoms with Gasteiger partial charge in [0, 0.05) is 35.7 Å². The number of hydrogen-bond acceptors (Lipinski definition) is 4. The van der Waals surface area contributed by atoms with E-state index in [1.165, 1.54) is 6.92 Å². The zero-order valence-electron chi connectivity index (χ0n) is 15.8. The van der Waals surface area contributed by atoms with Crippen LogP contribution < -0.4 is 4.74 Å². The molecule has 0 radical (unpaired) electrons. The van der Waals surface area contributed by atoms with Gasteiger partial charge in [0.25, 0.3) is 0 Å². The van der Waals surface area contributed by atoms with Crippen molar-refractivity contribution in [3.8, 4) is 5.75 Å². The molecule has 0 fully saturated rings. The van der Waals surface area contributed by atoms with Crippen LogP contribution in [0.25, 0.3) is 10.9 Å². The van der Waals surface area contributed by atoms with Crippen LogP contribution in [0.15, 0.2) is 24.4 Å². The quantitative estimate of drug-likeness (QED) is 0.450. The highest BCUT2D eigenvalue weighted by molar-refractivity contribution is 5.97. The summed E-state index contributed by atoms with van der Waals surface area (Å²) in [5, 5.41) is 0.923. The maximum Gasteiger partial charge on any atom is 0.318 e. The van der Waals surface area contributed by atoms with E-state index in [0.29, 0.717) is 17.8 Å². The van der Waals surface area contributed by atoms with Gasteiger partial charge in [-0.25, -0.2) is 0 Å².